The van der Waals surface area contributed by atoms with Gasteiger partial charge in [-0.05, 0) is 60.5 Å². The maximum absolute atomic E-state index is 10.7. The first-order chi connectivity index (χ1) is 13.5. The van der Waals surface area contributed by atoms with Crippen LogP contribution >= 0.6 is 22.9 Å². The number of benzene rings is 1. The van der Waals surface area contributed by atoms with E-state index in [1.165, 1.54) is 0 Å². The zero-order chi connectivity index (χ0) is 20.0. The Kier molecular flexibility index (Phi) is 6.72. The van der Waals surface area contributed by atoms with Crippen LogP contribution in [-0.4, -0.2) is 33.9 Å². The zero-order valence-corrected chi connectivity index (χ0v) is 17.5. The Morgan fingerprint density at radius 2 is 2.07 bits per heavy atom. The van der Waals surface area contributed by atoms with E-state index in [4.69, 9.17) is 11.6 Å². The van der Waals surface area contributed by atoms with Crippen molar-refractivity contribution in [2.75, 3.05) is 13.1 Å². The average molecular weight is 418 g/mol. The summed E-state index contributed by atoms with van der Waals surface area (Å²) >= 11 is 7.50. The number of guanidine groups is 1. The molecule has 2 aromatic heterocycles. The first-order valence-corrected chi connectivity index (χ1v) is 10.4. The van der Waals surface area contributed by atoms with Crippen LogP contribution in [0.5, 0.6) is 0 Å². The molecule has 0 aliphatic rings. The number of hydrogen-bond acceptors (Lipinski definition) is 4. The van der Waals surface area contributed by atoms with Gasteiger partial charge in [-0.2, -0.15) is 16.4 Å². The molecule has 0 fully saturated rings. The van der Waals surface area contributed by atoms with E-state index >= 15 is 0 Å². The molecule has 0 spiro atoms. The van der Waals surface area contributed by atoms with Crippen molar-refractivity contribution in [2.24, 2.45) is 4.99 Å². The summed E-state index contributed by atoms with van der Waals surface area (Å²) in [6.07, 6.45) is 3.74. The number of thiophene rings is 1. The molecule has 148 valence electrons. The minimum atomic E-state index is -0.963. The van der Waals surface area contributed by atoms with Crippen LogP contribution in [0.25, 0.3) is 5.69 Å². The van der Waals surface area contributed by atoms with E-state index in [-0.39, 0.29) is 0 Å². The van der Waals surface area contributed by atoms with Crippen molar-refractivity contribution in [1.29, 1.82) is 0 Å². The van der Waals surface area contributed by atoms with Crippen LogP contribution in [0.1, 0.15) is 25.0 Å². The average Bonchev–Trinajstić information content (AvgIpc) is 3.37. The summed E-state index contributed by atoms with van der Waals surface area (Å²) in [6.45, 7) is 5.37. The van der Waals surface area contributed by atoms with Crippen LogP contribution in [0.15, 0.2) is 58.5 Å². The van der Waals surface area contributed by atoms with Gasteiger partial charge in [0, 0.05) is 23.3 Å². The Bertz CT molecular complexity index is 903. The van der Waals surface area contributed by atoms with Crippen molar-refractivity contribution in [3.63, 3.8) is 0 Å². The minimum absolute atomic E-state index is 0.361. The lowest BCUT2D eigenvalue weighted by Gasteiger charge is -2.24. The van der Waals surface area contributed by atoms with E-state index in [0.29, 0.717) is 24.1 Å². The summed E-state index contributed by atoms with van der Waals surface area (Å²) in [5.41, 5.74) is 1.86. The predicted octanol–water partition coefficient (Wildman–Crippen LogP) is 3.55. The highest BCUT2D eigenvalue weighted by molar-refractivity contribution is 7.08. The molecule has 3 aromatic rings. The molecule has 2 heterocycles. The third-order valence-electron chi connectivity index (χ3n) is 4.23. The third kappa shape index (κ3) is 5.34. The molecule has 3 N–H and O–H groups in total. The second kappa shape index (κ2) is 9.23. The van der Waals surface area contributed by atoms with Crippen LogP contribution < -0.4 is 10.6 Å². The Balaban J connectivity index is 1.63. The van der Waals surface area contributed by atoms with Gasteiger partial charge < -0.3 is 15.7 Å². The van der Waals surface area contributed by atoms with Crippen LogP contribution in [-0.2, 0) is 12.1 Å². The topological polar surface area (TPSA) is 74.5 Å². The second-order valence-electron chi connectivity index (χ2n) is 6.60. The fraction of sp³-hybridized carbons (Fsp3) is 0.300. The van der Waals surface area contributed by atoms with Crippen molar-refractivity contribution >= 4 is 28.9 Å². The first-order valence-electron chi connectivity index (χ1n) is 9.04. The Morgan fingerprint density at radius 1 is 1.29 bits per heavy atom. The molecule has 0 amide bonds. The maximum Gasteiger partial charge on any atom is 0.191 e. The van der Waals surface area contributed by atoms with E-state index < -0.39 is 5.60 Å². The lowest BCUT2D eigenvalue weighted by Crippen LogP contribution is -2.44. The van der Waals surface area contributed by atoms with Crippen molar-refractivity contribution in [1.82, 2.24) is 20.4 Å². The highest BCUT2D eigenvalue weighted by Gasteiger charge is 2.23. The molecule has 1 aromatic carbocycles. The quantitative estimate of drug-likeness (QED) is 0.406. The molecular weight excluding hydrogens is 394 g/mol. The van der Waals surface area contributed by atoms with Crippen molar-refractivity contribution in [3.05, 3.63) is 69.6 Å². The summed E-state index contributed by atoms with van der Waals surface area (Å²) < 4.78 is 1.79. The molecule has 0 aliphatic heterocycles. The molecule has 1 atom stereocenters. The van der Waals surface area contributed by atoms with Gasteiger partial charge in [-0.15, -0.1) is 0 Å². The van der Waals surface area contributed by atoms with E-state index in [0.717, 1.165) is 23.4 Å². The van der Waals surface area contributed by atoms with E-state index in [2.05, 4.69) is 20.7 Å². The van der Waals surface area contributed by atoms with Crippen molar-refractivity contribution < 1.29 is 5.11 Å². The fourth-order valence-electron chi connectivity index (χ4n) is 2.62. The van der Waals surface area contributed by atoms with Crippen LogP contribution in [0, 0.1) is 0 Å². The van der Waals surface area contributed by atoms with Gasteiger partial charge in [0.2, 0.25) is 0 Å². The molecule has 0 aliphatic carbocycles. The largest absolute Gasteiger partial charge is 0.384 e. The second-order valence-corrected chi connectivity index (χ2v) is 7.82. The highest BCUT2D eigenvalue weighted by atomic mass is 35.5. The number of aliphatic imine (C=N–C) groups is 1. The summed E-state index contributed by atoms with van der Waals surface area (Å²) in [5.74, 6) is 0.650. The van der Waals surface area contributed by atoms with Gasteiger partial charge in [0.15, 0.2) is 5.96 Å². The zero-order valence-electron chi connectivity index (χ0n) is 15.9. The number of nitrogens with zero attached hydrogens (tertiary/aromatic N) is 3. The molecule has 8 heteroatoms. The van der Waals surface area contributed by atoms with Gasteiger partial charge in [-0.25, -0.2) is 9.67 Å². The van der Waals surface area contributed by atoms with Gasteiger partial charge >= 0.3 is 0 Å². The molecule has 0 bridgehead atoms. The number of nitrogens with one attached hydrogen (secondary N) is 2. The van der Waals surface area contributed by atoms with Crippen LogP contribution in [0.4, 0.5) is 0 Å². The molecule has 0 saturated heterocycles. The summed E-state index contributed by atoms with van der Waals surface area (Å²) in [7, 11) is 0. The van der Waals surface area contributed by atoms with Crippen molar-refractivity contribution in [2.45, 2.75) is 26.0 Å². The van der Waals surface area contributed by atoms with Gasteiger partial charge in [0.25, 0.3) is 0 Å². The molecule has 0 saturated carbocycles. The number of aromatic nitrogens is 2. The SMILES string of the molecule is CCNC(=NCc1cnn(-c2ccc(Cl)cc2)c1)NCC(C)(O)c1ccsc1. The smallest absolute Gasteiger partial charge is 0.191 e. The van der Waals surface area contributed by atoms with Crippen LogP contribution in [0.3, 0.4) is 0 Å². The third-order valence-corrected chi connectivity index (χ3v) is 5.17. The van der Waals surface area contributed by atoms with Crippen LogP contribution in [0.2, 0.25) is 5.02 Å². The lowest BCUT2D eigenvalue weighted by molar-refractivity contribution is 0.0621. The Morgan fingerprint density at radius 3 is 2.75 bits per heavy atom. The Hall–Kier alpha value is -2.35. The molecular formula is C20H24ClN5OS. The normalized spacial score (nSPS) is 13.9. The van der Waals surface area contributed by atoms with E-state index in [1.54, 1.807) is 29.1 Å². The highest BCUT2D eigenvalue weighted by Crippen LogP contribution is 2.22. The van der Waals surface area contributed by atoms with E-state index in [1.807, 2.05) is 54.2 Å². The number of halogens is 1. The minimum Gasteiger partial charge on any atom is -0.384 e. The molecule has 0 radical (unpaired) electrons. The number of hydrogen-bond donors (Lipinski definition) is 3. The molecule has 28 heavy (non-hydrogen) atoms. The number of rotatable bonds is 7. The maximum atomic E-state index is 10.7. The Labute approximate surface area is 173 Å². The van der Waals surface area contributed by atoms with Gasteiger partial charge in [0.05, 0.1) is 25.0 Å². The van der Waals surface area contributed by atoms with Gasteiger partial charge in [-0.1, -0.05) is 11.6 Å². The van der Waals surface area contributed by atoms with E-state index in [9.17, 15) is 5.11 Å². The standard InChI is InChI=1S/C20H24ClN5OS/c1-3-22-19(24-14-20(2,27)16-8-9-28-13-16)23-10-15-11-25-26(12-15)18-6-4-17(21)5-7-18/h4-9,11-13,27H,3,10,14H2,1-2H3,(H2,22,23,24). The van der Waals surface area contributed by atoms with Crippen molar-refractivity contribution in [3.8, 4) is 5.69 Å². The lowest BCUT2D eigenvalue weighted by atomic mass is 9.99. The summed E-state index contributed by atoms with van der Waals surface area (Å²) in [6, 6.07) is 9.44. The van der Waals surface area contributed by atoms with Gasteiger partial charge in [0.1, 0.15) is 5.60 Å². The molecule has 3 rings (SSSR count). The van der Waals surface area contributed by atoms with Gasteiger partial charge in [-0.3, -0.25) is 0 Å². The number of aliphatic hydroxyl groups is 1. The molecule has 6 nitrogen and oxygen atoms in total. The molecule has 1 unspecified atom stereocenters. The first kappa shape index (κ1) is 20.4. The summed E-state index contributed by atoms with van der Waals surface area (Å²) in [5, 5.41) is 26.1. The fourth-order valence-corrected chi connectivity index (χ4v) is 3.53. The monoisotopic (exact) mass is 417 g/mol. The summed E-state index contributed by atoms with van der Waals surface area (Å²) in [4.78, 5) is 4.60. The predicted molar refractivity (Wildman–Crippen MR) is 115 cm³/mol.